The van der Waals surface area contributed by atoms with Gasteiger partial charge in [0.2, 0.25) is 0 Å². The third-order valence-corrected chi connectivity index (χ3v) is 6.31. The molecule has 0 aromatic heterocycles. The molecule has 2 unspecified atom stereocenters. The third kappa shape index (κ3) is 3.86. The van der Waals surface area contributed by atoms with Gasteiger partial charge in [-0.15, -0.1) is 0 Å². The lowest BCUT2D eigenvalue weighted by molar-refractivity contribution is 0.0480. The minimum Gasteiger partial charge on any atom is -0.263 e. The average molecular weight is 310 g/mol. The largest absolute Gasteiger partial charge is 0.297 e. The molecule has 2 atom stereocenters. The van der Waals surface area contributed by atoms with Gasteiger partial charge in [-0.1, -0.05) is 44.9 Å². The highest BCUT2D eigenvalue weighted by Gasteiger charge is 2.37. The molecule has 0 amide bonds. The van der Waals surface area contributed by atoms with Gasteiger partial charge in [-0.25, -0.2) is 0 Å². The molecule has 3 nitrogen and oxygen atoms in total. The molecule has 1 fully saturated rings. The molecule has 1 aliphatic carbocycles. The van der Waals surface area contributed by atoms with Gasteiger partial charge in [0.25, 0.3) is 10.1 Å². The fourth-order valence-corrected chi connectivity index (χ4v) is 4.11. The third-order valence-electron chi connectivity index (χ3n) is 4.93. The van der Waals surface area contributed by atoms with Gasteiger partial charge in [0.05, 0.1) is 11.0 Å². The maximum absolute atomic E-state index is 12.4. The first kappa shape index (κ1) is 16.5. The van der Waals surface area contributed by atoms with E-state index in [1.807, 2.05) is 6.92 Å². The summed E-state index contributed by atoms with van der Waals surface area (Å²) in [6.07, 6.45) is 3.62. The Morgan fingerprint density at radius 3 is 2.43 bits per heavy atom. The Hall–Kier alpha value is -0.870. The molecule has 1 aromatic rings. The fraction of sp³-hybridized carbons (Fsp3) is 0.647. The number of hydrogen-bond donors (Lipinski definition) is 0. The van der Waals surface area contributed by atoms with Gasteiger partial charge in [-0.2, -0.15) is 8.42 Å². The molecule has 0 aliphatic heterocycles. The Morgan fingerprint density at radius 1 is 1.24 bits per heavy atom. The lowest BCUT2D eigenvalue weighted by atomic mass is 9.68. The van der Waals surface area contributed by atoms with Crippen molar-refractivity contribution in [2.24, 2.45) is 11.3 Å². The molecule has 2 rings (SSSR count). The quantitative estimate of drug-likeness (QED) is 0.779. The Balaban J connectivity index is 2.11. The highest BCUT2D eigenvalue weighted by atomic mass is 32.2. The van der Waals surface area contributed by atoms with Crippen LogP contribution < -0.4 is 0 Å². The van der Waals surface area contributed by atoms with Crippen LogP contribution >= 0.6 is 0 Å². The van der Waals surface area contributed by atoms with Gasteiger partial charge >= 0.3 is 0 Å². The van der Waals surface area contributed by atoms with Gasteiger partial charge in [0.15, 0.2) is 0 Å². The van der Waals surface area contributed by atoms with Crippen LogP contribution in [0.1, 0.15) is 52.0 Å². The average Bonchev–Trinajstić information content (AvgIpc) is 2.38. The van der Waals surface area contributed by atoms with Crippen molar-refractivity contribution in [3.63, 3.8) is 0 Å². The summed E-state index contributed by atoms with van der Waals surface area (Å²) in [5, 5.41) is 0. The van der Waals surface area contributed by atoms with E-state index in [-0.39, 0.29) is 16.4 Å². The molecule has 4 heteroatoms. The highest BCUT2D eigenvalue weighted by Crippen LogP contribution is 2.43. The van der Waals surface area contributed by atoms with Crippen LogP contribution in [0.25, 0.3) is 0 Å². The van der Waals surface area contributed by atoms with E-state index in [1.54, 1.807) is 24.3 Å². The topological polar surface area (TPSA) is 43.4 Å². The van der Waals surface area contributed by atoms with Crippen LogP contribution in [0.4, 0.5) is 0 Å². The van der Waals surface area contributed by atoms with Crippen molar-refractivity contribution in [3.05, 3.63) is 29.8 Å². The van der Waals surface area contributed by atoms with Crippen LogP contribution in [0, 0.1) is 18.3 Å². The summed E-state index contributed by atoms with van der Waals surface area (Å²) in [5.74, 6) is 0.533. The van der Waals surface area contributed by atoms with Crippen molar-refractivity contribution in [1.82, 2.24) is 0 Å². The first-order valence-electron chi connectivity index (χ1n) is 7.73. The lowest BCUT2D eigenvalue weighted by Gasteiger charge is -2.40. The number of hydrogen-bond acceptors (Lipinski definition) is 3. The van der Waals surface area contributed by atoms with Crippen LogP contribution in [-0.4, -0.2) is 14.5 Å². The number of aryl methyl sites for hydroxylation is 1. The van der Waals surface area contributed by atoms with Gasteiger partial charge < -0.3 is 0 Å². The van der Waals surface area contributed by atoms with Crippen LogP contribution in [0.3, 0.4) is 0 Å². The van der Waals surface area contributed by atoms with E-state index in [0.717, 1.165) is 31.2 Å². The van der Waals surface area contributed by atoms with Gasteiger partial charge in [-0.3, -0.25) is 4.18 Å². The van der Waals surface area contributed by atoms with Crippen LogP contribution in [0.15, 0.2) is 29.2 Å². The fourth-order valence-electron chi connectivity index (χ4n) is 3.00. The summed E-state index contributed by atoms with van der Waals surface area (Å²) < 4.78 is 30.3. The zero-order valence-corrected chi connectivity index (χ0v) is 14.2. The highest BCUT2D eigenvalue weighted by molar-refractivity contribution is 7.86. The second-order valence-electron chi connectivity index (χ2n) is 6.89. The summed E-state index contributed by atoms with van der Waals surface area (Å²) in [6.45, 7) is 8.59. The minimum atomic E-state index is -3.65. The molecule has 0 heterocycles. The van der Waals surface area contributed by atoms with Gasteiger partial charge in [0.1, 0.15) is 0 Å². The second kappa shape index (κ2) is 6.09. The van der Waals surface area contributed by atoms with E-state index in [1.165, 1.54) is 0 Å². The van der Waals surface area contributed by atoms with Crippen molar-refractivity contribution in [1.29, 1.82) is 0 Å². The van der Waals surface area contributed by atoms with E-state index < -0.39 is 10.1 Å². The van der Waals surface area contributed by atoms with Crippen molar-refractivity contribution in [3.8, 4) is 0 Å². The van der Waals surface area contributed by atoms with Crippen LogP contribution in [0.5, 0.6) is 0 Å². The monoisotopic (exact) mass is 310 g/mol. The minimum absolute atomic E-state index is 0.172. The SMILES string of the molecule is Cc1ccc(S(=O)(=O)OC2CCCC(C)(C(C)C)C2)cc1. The van der Waals surface area contributed by atoms with Crippen LogP contribution in [-0.2, 0) is 14.3 Å². The molecule has 1 saturated carbocycles. The zero-order valence-electron chi connectivity index (χ0n) is 13.4. The maximum Gasteiger partial charge on any atom is 0.297 e. The Bertz CT molecular complexity index is 575. The summed E-state index contributed by atoms with van der Waals surface area (Å²) in [7, 11) is -3.65. The van der Waals surface area contributed by atoms with Crippen LogP contribution in [0.2, 0.25) is 0 Å². The molecule has 1 aliphatic rings. The second-order valence-corrected chi connectivity index (χ2v) is 8.46. The van der Waals surface area contributed by atoms with Crippen molar-refractivity contribution in [2.75, 3.05) is 0 Å². The molecule has 0 radical (unpaired) electrons. The summed E-state index contributed by atoms with van der Waals surface area (Å²) in [5.41, 5.74) is 1.21. The van der Waals surface area contributed by atoms with Crippen molar-refractivity contribution >= 4 is 10.1 Å². The van der Waals surface area contributed by atoms with E-state index in [2.05, 4.69) is 20.8 Å². The predicted molar refractivity (Wildman–Crippen MR) is 84.7 cm³/mol. The van der Waals surface area contributed by atoms with Crippen molar-refractivity contribution < 1.29 is 12.6 Å². The summed E-state index contributed by atoms with van der Waals surface area (Å²) in [4.78, 5) is 0.255. The molecule has 1 aromatic carbocycles. The summed E-state index contributed by atoms with van der Waals surface area (Å²) in [6, 6.07) is 6.84. The summed E-state index contributed by atoms with van der Waals surface area (Å²) >= 11 is 0. The molecule has 118 valence electrons. The Labute approximate surface area is 128 Å². The molecule has 0 bridgehead atoms. The molecule has 21 heavy (non-hydrogen) atoms. The first-order chi connectivity index (χ1) is 9.73. The number of rotatable bonds is 4. The van der Waals surface area contributed by atoms with E-state index in [9.17, 15) is 8.42 Å². The Kier molecular flexibility index (Phi) is 4.79. The number of benzene rings is 1. The molecule has 0 saturated heterocycles. The maximum atomic E-state index is 12.4. The van der Waals surface area contributed by atoms with E-state index in [4.69, 9.17) is 4.18 Å². The Morgan fingerprint density at radius 2 is 1.86 bits per heavy atom. The molecular weight excluding hydrogens is 284 g/mol. The molecule has 0 spiro atoms. The van der Waals surface area contributed by atoms with Gasteiger partial charge in [-0.05, 0) is 49.7 Å². The van der Waals surface area contributed by atoms with E-state index in [0.29, 0.717) is 5.92 Å². The standard InChI is InChI=1S/C17H26O3S/c1-13(2)17(4)11-5-6-15(12-17)20-21(18,19)16-9-7-14(3)8-10-16/h7-10,13,15H,5-6,11-12H2,1-4H3. The zero-order chi connectivity index (χ0) is 15.7. The lowest BCUT2D eigenvalue weighted by Crippen LogP contribution is -2.35. The van der Waals surface area contributed by atoms with E-state index >= 15 is 0 Å². The van der Waals surface area contributed by atoms with Gasteiger partial charge in [0, 0.05) is 0 Å². The smallest absolute Gasteiger partial charge is 0.263 e. The molecular formula is C17H26O3S. The normalized spacial score (nSPS) is 27.0. The predicted octanol–water partition coefficient (Wildman–Crippen LogP) is 4.31. The van der Waals surface area contributed by atoms with Crippen molar-refractivity contribution in [2.45, 2.75) is 64.4 Å². The first-order valence-corrected chi connectivity index (χ1v) is 9.14. The molecule has 0 N–H and O–H groups in total.